The van der Waals surface area contributed by atoms with Crippen LogP contribution in [0.5, 0.6) is 0 Å². The maximum absolute atomic E-state index is 13.1. The van der Waals surface area contributed by atoms with Crippen molar-refractivity contribution in [3.63, 3.8) is 0 Å². The molecule has 2 aromatic carbocycles. The molecule has 0 aliphatic carbocycles. The zero-order valence-electron chi connectivity index (χ0n) is 18.7. The quantitative estimate of drug-likeness (QED) is 0.499. The van der Waals surface area contributed by atoms with Crippen LogP contribution < -0.4 is 5.32 Å². The third-order valence-electron chi connectivity index (χ3n) is 5.66. The van der Waals surface area contributed by atoms with Crippen LogP contribution in [0.4, 0.5) is 5.88 Å². The summed E-state index contributed by atoms with van der Waals surface area (Å²) in [7, 11) is -2.05. The Hall–Kier alpha value is -3.69. The van der Waals surface area contributed by atoms with Gasteiger partial charge < -0.3 is 9.32 Å². The van der Waals surface area contributed by atoms with Crippen LogP contribution in [0.25, 0.3) is 0 Å². The lowest BCUT2D eigenvalue weighted by Crippen LogP contribution is -2.29. The van der Waals surface area contributed by atoms with E-state index < -0.39 is 15.9 Å². The fourth-order valence-corrected chi connectivity index (χ4v) is 5.10. The minimum absolute atomic E-state index is 0.0601. The standard InChI is InChI=1S/C25H25N3O5S/c1-3-23(29)26-24-15-20-16-28(17-22(20)33-24)34(31,32)21-11-9-19(10-12-21)25(30)27(2)14-13-18-7-5-4-6-8-18/h3-12,15H,1,13-14,16-17H2,2H3,(H,26,29). The van der Waals surface area contributed by atoms with Gasteiger partial charge in [0.05, 0.1) is 11.4 Å². The second-order valence-corrected chi connectivity index (χ2v) is 9.95. The molecule has 2 heterocycles. The highest BCUT2D eigenvalue weighted by Crippen LogP contribution is 2.32. The van der Waals surface area contributed by atoms with Crippen LogP contribution in [-0.2, 0) is 34.3 Å². The number of benzene rings is 2. The van der Waals surface area contributed by atoms with E-state index in [4.69, 9.17) is 4.42 Å². The zero-order chi connectivity index (χ0) is 24.3. The highest BCUT2D eigenvalue weighted by Gasteiger charge is 2.33. The van der Waals surface area contributed by atoms with E-state index in [1.165, 1.54) is 28.6 Å². The number of carbonyl (C=O) groups is 2. The average molecular weight is 480 g/mol. The molecule has 176 valence electrons. The van der Waals surface area contributed by atoms with E-state index in [9.17, 15) is 18.0 Å². The molecule has 1 aliphatic rings. The normalized spacial score (nSPS) is 13.3. The average Bonchev–Trinajstić information content (AvgIpc) is 3.42. The third-order valence-corrected chi connectivity index (χ3v) is 7.47. The predicted molar refractivity (Wildman–Crippen MR) is 128 cm³/mol. The molecule has 0 saturated carbocycles. The molecule has 1 aromatic heterocycles. The molecule has 0 spiro atoms. The van der Waals surface area contributed by atoms with Gasteiger partial charge in [0.2, 0.25) is 15.9 Å². The highest BCUT2D eigenvalue weighted by atomic mass is 32.2. The second-order valence-electron chi connectivity index (χ2n) is 8.01. The van der Waals surface area contributed by atoms with Crippen LogP contribution in [0.1, 0.15) is 27.2 Å². The predicted octanol–water partition coefficient (Wildman–Crippen LogP) is 3.42. The molecule has 4 rings (SSSR count). The molecule has 0 bridgehead atoms. The maximum atomic E-state index is 13.1. The number of hydrogen-bond acceptors (Lipinski definition) is 5. The molecule has 0 radical (unpaired) electrons. The number of furan rings is 1. The van der Waals surface area contributed by atoms with E-state index >= 15 is 0 Å². The Morgan fingerprint density at radius 3 is 2.47 bits per heavy atom. The van der Waals surface area contributed by atoms with Gasteiger partial charge in [-0.2, -0.15) is 4.31 Å². The van der Waals surface area contributed by atoms with Gasteiger partial charge in [0.15, 0.2) is 5.88 Å². The molecule has 0 saturated heterocycles. The van der Waals surface area contributed by atoms with Crippen molar-refractivity contribution in [2.24, 2.45) is 0 Å². The minimum Gasteiger partial charge on any atom is -0.444 e. The summed E-state index contributed by atoms with van der Waals surface area (Å²) in [5, 5.41) is 2.52. The molecule has 1 N–H and O–H groups in total. The van der Waals surface area contributed by atoms with E-state index in [1.54, 1.807) is 18.0 Å². The van der Waals surface area contributed by atoms with Crippen molar-refractivity contribution in [3.05, 3.63) is 95.8 Å². The van der Waals surface area contributed by atoms with Crippen LogP contribution in [0.3, 0.4) is 0 Å². The number of sulfonamides is 1. The van der Waals surface area contributed by atoms with E-state index in [-0.39, 0.29) is 29.8 Å². The molecule has 3 aromatic rings. The summed E-state index contributed by atoms with van der Waals surface area (Å²) < 4.78 is 33.0. The topological polar surface area (TPSA) is 99.9 Å². The first kappa shape index (κ1) is 23.5. The monoisotopic (exact) mass is 479 g/mol. The first-order chi connectivity index (χ1) is 16.3. The number of rotatable bonds is 8. The first-order valence-corrected chi connectivity index (χ1v) is 12.2. The number of nitrogens with one attached hydrogen (secondary N) is 1. The molecule has 0 atom stereocenters. The maximum Gasteiger partial charge on any atom is 0.253 e. The van der Waals surface area contributed by atoms with Gasteiger partial charge >= 0.3 is 0 Å². The Kier molecular flexibility index (Phi) is 6.67. The van der Waals surface area contributed by atoms with Crippen LogP contribution in [0.2, 0.25) is 0 Å². The summed E-state index contributed by atoms with van der Waals surface area (Å²) in [4.78, 5) is 25.9. The first-order valence-electron chi connectivity index (χ1n) is 10.7. The molecule has 1 aliphatic heterocycles. The van der Waals surface area contributed by atoms with Gasteiger partial charge in [-0.15, -0.1) is 0 Å². The number of likely N-dealkylation sites (N-methyl/N-ethyl adjacent to an activating group) is 1. The van der Waals surface area contributed by atoms with Crippen molar-refractivity contribution in [3.8, 4) is 0 Å². The number of carbonyl (C=O) groups excluding carboxylic acids is 2. The molecular weight excluding hydrogens is 454 g/mol. The fraction of sp³-hybridized carbons (Fsp3) is 0.200. The molecule has 2 amide bonds. The van der Waals surface area contributed by atoms with Crippen LogP contribution in [0, 0.1) is 0 Å². The molecule has 9 heteroatoms. The van der Waals surface area contributed by atoms with Crippen LogP contribution in [-0.4, -0.2) is 43.0 Å². The van der Waals surface area contributed by atoms with Gasteiger partial charge in [-0.05, 0) is 42.3 Å². The van der Waals surface area contributed by atoms with Crippen molar-refractivity contribution in [2.45, 2.75) is 24.4 Å². The number of anilines is 1. The van der Waals surface area contributed by atoms with Crippen molar-refractivity contribution < 1.29 is 22.4 Å². The smallest absolute Gasteiger partial charge is 0.253 e. The Morgan fingerprint density at radius 1 is 1.12 bits per heavy atom. The Labute approximate surface area is 198 Å². The molecule has 0 fully saturated rings. The van der Waals surface area contributed by atoms with Crippen molar-refractivity contribution in [1.29, 1.82) is 0 Å². The van der Waals surface area contributed by atoms with Gasteiger partial charge in [0, 0.05) is 37.3 Å². The van der Waals surface area contributed by atoms with Crippen molar-refractivity contribution in [2.75, 3.05) is 18.9 Å². The molecular formula is C25H25N3O5S. The highest BCUT2D eigenvalue weighted by molar-refractivity contribution is 7.89. The summed E-state index contributed by atoms with van der Waals surface area (Å²) in [6.45, 7) is 4.13. The summed E-state index contributed by atoms with van der Waals surface area (Å²) in [5.41, 5.74) is 2.25. The fourth-order valence-electron chi connectivity index (χ4n) is 3.73. The lowest BCUT2D eigenvalue weighted by atomic mass is 10.1. The molecule has 0 unspecified atom stereocenters. The van der Waals surface area contributed by atoms with Gasteiger partial charge in [0.25, 0.3) is 5.91 Å². The van der Waals surface area contributed by atoms with Gasteiger partial charge in [-0.25, -0.2) is 8.42 Å². The summed E-state index contributed by atoms with van der Waals surface area (Å²) in [5.74, 6) is 0.160. The van der Waals surface area contributed by atoms with E-state index in [2.05, 4.69) is 11.9 Å². The molecule has 8 nitrogen and oxygen atoms in total. The number of nitrogens with zero attached hydrogens (tertiary/aromatic N) is 2. The Balaban J connectivity index is 1.39. The van der Waals surface area contributed by atoms with Crippen LogP contribution >= 0.6 is 0 Å². The van der Waals surface area contributed by atoms with Gasteiger partial charge in [0.1, 0.15) is 5.76 Å². The Morgan fingerprint density at radius 2 is 1.82 bits per heavy atom. The number of fused-ring (bicyclic) bond motifs is 1. The van der Waals surface area contributed by atoms with E-state index in [0.29, 0.717) is 23.4 Å². The zero-order valence-corrected chi connectivity index (χ0v) is 19.5. The third kappa shape index (κ3) is 4.95. The van der Waals surface area contributed by atoms with E-state index in [0.717, 1.165) is 18.1 Å². The SMILES string of the molecule is C=CC(=O)Nc1cc2c(o1)CN(S(=O)(=O)c1ccc(C(=O)N(C)CCc3ccccc3)cc1)C2. The van der Waals surface area contributed by atoms with Gasteiger partial charge in [-0.1, -0.05) is 36.9 Å². The number of amides is 2. The Bertz CT molecular complexity index is 1290. The second kappa shape index (κ2) is 9.66. The summed E-state index contributed by atoms with van der Waals surface area (Å²) in [6, 6.07) is 17.5. The van der Waals surface area contributed by atoms with Crippen LogP contribution in [0.15, 0.2) is 82.6 Å². The lowest BCUT2D eigenvalue weighted by Gasteiger charge is -2.18. The summed E-state index contributed by atoms with van der Waals surface area (Å²) >= 11 is 0. The molecule has 34 heavy (non-hydrogen) atoms. The number of hydrogen-bond donors (Lipinski definition) is 1. The summed E-state index contributed by atoms with van der Waals surface area (Å²) in [6.07, 6.45) is 1.86. The van der Waals surface area contributed by atoms with Gasteiger partial charge in [-0.3, -0.25) is 14.9 Å². The van der Waals surface area contributed by atoms with E-state index in [1.807, 2.05) is 30.3 Å². The minimum atomic E-state index is -3.78. The van der Waals surface area contributed by atoms with Crippen molar-refractivity contribution in [1.82, 2.24) is 9.21 Å². The largest absolute Gasteiger partial charge is 0.444 e. The van der Waals surface area contributed by atoms with Crippen molar-refractivity contribution >= 4 is 27.7 Å². The lowest BCUT2D eigenvalue weighted by molar-refractivity contribution is -0.112.